The van der Waals surface area contributed by atoms with Crippen LogP contribution in [0.2, 0.25) is 0 Å². The summed E-state index contributed by atoms with van der Waals surface area (Å²) in [5.41, 5.74) is 0.852. The molecule has 1 amide bonds. The van der Waals surface area contributed by atoms with Crippen LogP contribution in [-0.4, -0.2) is 32.3 Å². The first-order valence-electron chi connectivity index (χ1n) is 7.55. The molecule has 0 spiro atoms. The number of rotatable bonds is 5. The molecule has 4 rings (SSSR count). The predicted octanol–water partition coefficient (Wildman–Crippen LogP) is 3.10. The predicted molar refractivity (Wildman–Crippen MR) is 91.9 cm³/mol. The Hall–Kier alpha value is -3.20. The van der Waals surface area contributed by atoms with Crippen LogP contribution in [0, 0.1) is 0 Å². The van der Waals surface area contributed by atoms with Crippen molar-refractivity contribution in [3.63, 3.8) is 0 Å². The molecule has 9 heteroatoms. The fourth-order valence-corrected chi connectivity index (χ4v) is 3.02. The van der Waals surface area contributed by atoms with Crippen molar-refractivity contribution in [1.29, 1.82) is 0 Å². The van der Waals surface area contributed by atoms with Gasteiger partial charge in [-0.25, -0.2) is 0 Å². The van der Waals surface area contributed by atoms with E-state index in [0.29, 0.717) is 22.5 Å². The minimum atomic E-state index is -0.363. The van der Waals surface area contributed by atoms with Gasteiger partial charge in [0, 0.05) is 5.56 Å². The standard InChI is InChI=1S/C16H13N5O3S/c1-2-23-11-7-5-10(6-8-11)13-18-19-16-21(13)20-15(25-16)17-14(22)12-4-3-9-24-12/h3-9H,2H2,1H3,(H,17,20,22). The largest absolute Gasteiger partial charge is 0.494 e. The number of ether oxygens (including phenoxy) is 1. The average molecular weight is 355 g/mol. The highest BCUT2D eigenvalue weighted by atomic mass is 32.1. The van der Waals surface area contributed by atoms with E-state index >= 15 is 0 Å². The number of carbonyl (C=O) groups excluding carboxylic acids is 1. The minimum absolute atomic E-state index is 0.220. The Balaban J connectivity index is 1.61. The molecule has 0 saturated heterocycles. The van der Waals surface area contributed by atoms with Crippen molar-refractivity contribution in [3.05, 3.63) is 48.4 Å². The smallest absolute Gasteiger partial charge is 0.293 e. The van der Waals surface area contributed by atoms with Crippen molar-refractivity contribution < 1.29 is 13.9 Å². The van der Waals surface area contributed by atoms with Gasteiger partial charge in [0.2, 0.25) is 10.1 Å². The quantitative estimate of drug-likeness (QED) is 0.591. The monoisotopic (exact) mass is 355 g/mol. The number of amides is 1. The molecular weight excluding hydrogens is 342 g/mol. The van der Waals surface area contributed by atoms with Crippen LogP contribution in [0.3, 0.4) is 0 Å². The summed E-state index contributed by atoms with van der Waals surface area (Å²) in [6.07, 6.45) is 1.44. The van der Waals surface area contributed by atoms with Crippen molar-refractivity contribution in [1.82, 2.24) is 19.8 Å². The van der Waals surface area contributed by atoms with Gasteiger partial charge in [0.1, 0.15) is 5.75 Å². The van der Waals surface area contributed by atoms with Crippen molar-refractivity contribution in [2.75, 3.05) is 11.9 Å². The zero-order chi connectivity index (χ0) is 17.2. The Morgan fingerprint density at radius 1 is 1.28 bits per heavy atom. The molecule has 126 valence electrons. The van der Waals surface area contributed by atoms with Crippen LogP contribution in [0.5, 0.6) is 5.75 Å². The van der Waals surface area contributed by atoms with E-state index in [-0.39, 0.29) is 11.7 Å². The second kappa shape index (κ2) is 6.36. The average Bonchev–Trinajstić information content (AvgIpc) is 3.32. The molecule has 0 unspecified atom stereocenters. The lowest BCUT2D eigenvalue weighted by Crippen LogP contribution is -2.10. The number of aromatic nitrogens is 4. The Kier molecular flexibility index (Phi) is 3.90. The molecule has 0 aliphatic heterocycles. The third-order valence-electron chi connectivity index (χ3n) is 3.38. The number of hydrogen-bond donors (Lipinski definition) is 1. The molecule has 0 fully saturated rings. The molecule has 0 radical (unpaired) electrons. The molecule has 3 heterocycles. The van der Waals surface area contributed by atoms with Crippen LogP contribution in [0.4, 0.5) is 5.13 Å². The van der Waals surface area contributed by atoms with Gasteiger partial charge in [-0.05, 0) is 43.3 Å². The van der Waals surface area contributed by atoms with Gasteiger partial charge in [-0.1, -0.05) is 11.3 Å². The fraction of sp³-hybridized carbons (Fsp3) is 0.125. The maximum absolute atomic E-state index is 12.0. The lowest BCUT2D eigenvalue weighted by Gasteiger charge is -2.03. The first kappa shape index (κ1) is 15.3. The lowest BCUT2D eigenvalue weighted by atomic mass is 10.2. The number of carbonyl (C=O) groups is 1. The van der Waals surface area contributed by atoms with E-state index in [0.717, 1.165) is 11.3 Å². The second-order valence-electron chi connectivity index (χ2n) is 5.01. The van der Waals surface area contributed by atoms with Gasteiger partial charge in [0.15, 0.2) is 11.6 Å². The van der Waals surface area contributed by atoms with E-state index in [2.05, 4.69) is 20.6 Å². The number of nitrogens with zero attached hydrogens (tertiary/aromatic N) is 4. The second-order valence-corrected chi connectivity index (χ2v) is 5.97. The van der Waals surface area contributed by atoms with E-state index in [1.165, 1.54) is 17.6 Å². The van der Waals surface area contributed by atoms with E-state index < -0.39 is 0 Å². The molecule has 0 bridgehead atoms. The number of furan rings is 1. The summed E-state index contributed by atoms with van der Waals surface area (Å²) in [6.45, 7) is 2.54. The molecule has 4 aromatic rings. The zero-order valence-electron chi connectivity index (χ0n) is 13.2. The van der Waals surface area contributed by atoms with Crippen molar-refractivity contribution in [2.45, 2.75) is 6.92 Å². The molecule has 0 aliphatic carbocycles. The molecule has 8 nitrogen and oxygen atoms in total. The summed E-state index contributed by atoms with van der Waals surface area (Å²) >= 11 is 1.23. The number of fused-ring (bicyclic) bond motifs is 1. The molecule has 1 aromatic carbocycles. The minimum Gasteiger partial charge on any atom is -0.494 e. The van der Waals surface area contributed by atoms with E-state index in [1.54, 1.807) is 16.6 Å². The first-order valence-corrected chi connectivity index (χ1v) is 8.36. The van der Waals surface area contributed by atoms with Crippen molar-refractivity contribution >= 4 is 27.3 Å². The van der Waals surface area contributed by atoms with E-state index in [1.807, 2.05) is 31.2 Å². The van der Waals surface area contributed by atoms with Gasteiger partial charge < -0.3 is 9.15 Å². The highest BCUT2D eigenvalue weighted by Crippen LogP contribution is 2.25. The lowest BCUT2D eigenvalue weighted by molar-refractivity contribution is 0.0996. The van der Waals surface area contributed by atoms with Crippen LogP contribution < -0.4 is 10.1 Å². The summed E-state index contributed by atoms with van der Waals surface area (Å²) in [6, 6.07) is 10.8. The van der Waals surface area contributed by atoms with Crippen LogP contribution in [0.25, 0.3) is 16.3 Å². The Labute approximate surface area is 146 Å². The van der Waals surface area contributed by atoms with Crippen LogP contribution in [0.15, 0.2) is 47.1 Å². The SMILES string of the molecule is CCOc1ccc(-c2nnc3sc(NC(=O)c4ccco4)nn23)cc1. The van der Waals surface area contributed by atoms with Gasteiger partial charge in [-0.15, -0.1) is 15.3 Å². The first-order chi connectivity index (χ1) is 12.2. The highest BCUT2D eigenvalue weighted by Gasteiger charge is 2.16. The van der Waals surface area contributed by atoms with Gasteiger partial charge in [-0.3, -0.25) is 10.1 Å². The summed E-state index contributed by atoms with van der Waals surface area (Å²) < 4.78 is 12.1. The number of hydrogen-bond acceptors (Lipinski definition) is 7. The number of anilines is 1. The molecule has 1 N–H and O–H groups in total. The third kappa shape index (κ3) is 2.96. The van der Waals surface area contributed by atoms with Gasteiger partial charge in [-0.2, -0.15) is 4.52 Å². The highest BCUT2D eigenvalue weighted by molar-refractivity contribution is 7.20. The summed E-state index contributed by atoms with van der Waals surface area (Å²) in [4.78, 5) is 12.6. The molecular formula is C16H13N5O3S. The summed E-state index contributed by atoms with van der Waals surface area (Å²) in [7, 11) is 0. The van der Waals surface area contributed by atoms with Crippen molar-refractivity contribution in [2.24, 2.45) is 0 Å². The van der Waals surface area contributed by atoms with Crippen LogP contribution in [-0.2, 0) is 0 Å². The van der Waals surface area contributed by atoms with E-state index in [9.17, 15) is 4.79 Å². The van der Waals surface area contributed by atoms with Crippen LogP contribution in [0.1, 0.15) is 17.5 Å². The topological polar surface area (TPSA) is 94.6 Å². The molecule has 0 atom stereocenters. The zero-order valence-corrected chi connectivity index (χ0v) is 14.0. The maximum atomic E-state index is 12.0. The van der Waals surface area contributed by atoms with Crippen molar-refractivity contribution in [3.8, 4) is 17.1 Å². The summed E-state index contributed by atoms with van der Waals surface area (Å²) in [5.74, 6) is 1.24. The Morgan fingerprint density at radius 3 is 2.84 bits per heavy atom. The molecule has 0 aliphatic rings. The number of benzene rings is 1. The van der Waals surface area contributed by atoms with Gasteiger partial charge in [0.25, 0.3) is 5.91 Å². The summed E-state index contributed by atoms with van der Waals surface area (Å²) in [5, 5.41) is 15.7. The van der Waals surface area contributed by atoms with Gasteiger partial charge in [0.05, 0.1) is 12.9 Å². The van der Waals surface area contributed by atoms with Gasteiger partial charge >= 0.3 is 0 Å². The third-order valence-corrected chi connectivity index (χ3v) is 4.19. The van der Waals surface area contributed by atoms with E-state index in [4.69, 9.17) is 9.15 Å². The normalized spacial score (nSPS) is 10.9. The Morgan fingerprint density at radius 2 is 2.12 bits per heavy atom. The molecule has 0 saturated carbocycles. The number of nitrogens with one attached hydrogen (secondary N) is 1. The fourth-order valence-electron chi connectivity index (χ4n) is 2.28. The maximum Gasteiger partial charge on any atom is 0.293 e. The molecule has 3 aromatic heterocycles. The Bertz CT molecular complexity index is 1000. The molecule has 25 heavy (non-hydrogen) atoms. The van der Waals surface area contributed by atoms with Crippen LogP contribution >= 0.6 is 11.3 Å².